The maximum atomic E-state index is 6.21. The van der Waals surface area contributed by atoms with Crippen LogP contribution in [0.4, 0.5) is 0 Å². The molecular formula is C13H13Cl2N5O. The van der Waals surface area contributed by atoms with Crippen molar-refractivity contribution in [2.24, 2.45) is 0 Å². The smallest absolute Gasteiger partial charge is 0.223 e. The Kier molecular flexibility index (Phi) is 3.82. The molecule has 6 nitrogen and oxygen atoms in total. The molecule has 0 radical (unpaired) electrons. The van der Waals surface area contributed by atoms with Gasteiger partial charge in [-0.3, -0.25) is 0 Å². The zero-order valence-electron chi connectivity index (χ0n) is 11.5. The quantitative estimate of drug-likeness (QED) is 0.688. The van der Waals surface area contributed by atoms with E-state index in [0.29, 0.717) is 29.7 Å². The summed E-state index contributed by atoms with van der Waals surface area (Å²) in [5.74, 6) is 1.95. The summed E-state index contributed by atoms with van der Waals surface area (Å²) in [6.45, 7) is 4.26. The molecule has 0 saturated heterocycles. The second-order valence-electron chi connectivity index (χ2n) is 4.71. The van der Waals surface area contributed by atoms with Gasteiger partial charge in [0.15, 0.2) is 11.5 Å². The number of rotatable bonds is 4. The van der Waals surface area contributed by atoms with E-state index in [1.807, 2.05) is 11.5 Å². The summed E-state index contributed by atoms with van der Waals surface area (Å²) in [7, 11) is 0. The molecule has 0 aliphatic carbocycles. The highest BCUT2D eigenvalue weighted by atomic mass is 35.5. The highest BCUT2D eigenvalue weighted by molar-refractivity contribution is 6.31. The van der Waals surface area contributed by atoms with Crippen molar-refractivity contribution >= 4 is 34.4 Å². The van der Waals surface area contributed by atoms with Crippen molar-refractivity contribution in [1.82, 2.24) is 24.7 Å². The number of nitrogens with zero attached hydrogens (tertiary/aromatic N) is 5. The van der Waals surface area contributed by atoms with Crippen LogP contribution in [0, 0.1) is 6.92 Å². The predicted molar refractivity (Wildman–Crippen MR) is 79.5 cm³/mol. The maximum Gasteiger partial charge on any atom is 0.223 e. The summed E-state index contributed by atoms with van der Waals surface area (Å²) < 4.78 is 6.94. The van der Waals surface area contributed by atoms with Crippen molar-refractivity contribution in [3.05, 3.63) is 34.8 Å². The van der Waals surface area contributed by atoms with E-state index in [0.717, 1.165) is 17.0 Å². The highest BCUT2D eigenvalue weighted by Gasteiger charge is 2.17. The van der Waals surface area contributed by atoms with Crippen LogP contribution in [-0.2, 0) is 13.0 Å². The van der Waals surface area contributed by atoms with Gasteiger partial charge in [0.1, 0.15) is 11.3 Å². The molecule has 0 amide bonds. The minimum absolute atomic E-state index is 0.232. The van der Waals surface area contributed by atoms with E-state index < -0.39 is 0 Å². The molecule has 21 heavy (non-hydrogen) atoms. The van der Waals surface area contributed by atoms with Crippen molar-refractivity contribution < 1.29 is 4.52 Å². The summed E-state index contributed by atoms with van der Waals surface area (Å²) in [5.41, 5.74) is 1.48. The van der Waals surface area contributed by atoms with Crippen molar-refractivity contribution in [2.45, 2.75) is 32.2 Å². The Bertz CT molecular complexity index is 780. The van der Waals surface area contributed by atoms with E-state index in [1.54, 1.807) is 19.2 Å². The lowest BCUT2D eigenvalue weighted by atomic mass is 10.3. The molecule has 0 fully saturated rings. The molecule has 8 heteroatoms. The topological polar surface area (TPSA) is 69.6 Å². The van der Waals surface area contributed by atoms with Gasteiger partial charge in [-0.15, -0.1) is 11.6 Å². The Balaban J connectivity index is 1.97. The first-order valence-corrected chi connectivity index (χ1v) is 7.31. The third kappa shape index (κ3) is 2.87. The van der Waals surface area contributed by atoms with E-state index in [9.17, 15) is 0 Å². The van der Waals surface area contributed by atoms with Crippen molar-refractivity contribution in [3.63, 3.8) is 0 Å². The van der Waals surface area contributed by atoms with E-state index in [-0.39, 0.29) is 5.38 Å². The Labute approximate surface area is 131 Å². The van der Waals surface area contributed by atoms with Crippen LogP contribution in [0.3, 0.4) is 0 Å². The van der Waals surface area contributed by atoms with Crippen LogP contribution in [-0.4, -0.2) is 24.7 Å². The average molecular weight is 326 g/mol. The van der Waals surface area contributed by atoms with Crippen LogP contribution < -0.4 is 0 Å². The molecule has 1 atom stereocenters. The number of imidazole rings is 1. The van der Waals surface area contributed by atoms with Crippen molar-refractivity contribution in [3.8, 4) is 0 Å². The second kappa shape index (κ2) is 5.61. The lowest BCUT2D eigenvalue weighted by Crippen LogP contribution is -2.08. The summed E-state index contributed by atoms with van der Waals surface area (Å²) >= 11 is 12.2. The number of aromatic nitrogens is 5. The zero-order valence-corrected chi connectivity index (χ0v) is 13.1. The summed E-state index contributed by atoms with van der Waals surface area (Å²) in [4.78, 5) is 13.0. The number of hydrogen-bond acceptors (Lipinski definition) is 5. The van der Waals surface area contributed by atoms with E-state index in [2.05, 4.69) is 20.1 Å². The number of aryl methyl sites for hydroxylation is 3. The molecule has 0 spiro atoms. The summed E-state index contributed by atoms with van der Waals surface area (Å²) in [5, 5.41) is 4.21. The molecule has 3 rings (SSSR count). The van der Waals surface area contributed by atoms with Crippen LogP contribution in [0.15, 0.2) is 16.8 Å². The minimum Gasteiger partial charge on any atom is -0.340 e. The lowest BCUT2D eigenvalue weighted by Gasteiger charge is -2.08. The average Bonchev–Trinajstić information content (AvgIpc) is 2.99. The molecule has 0 N–H and O–H groups in total. The number of hydrogen-bond donors (Lipinski definition) is 0. The molecule has 0 aliphatic rings. The normalized spacial score (nSPS) is 13.0. The Hall–Kier alpha value is -1.66. The van der Waals surface area contributed by atoms with Gasteiger partial charge < -0.3 is 9.09 Å². The summed E-state index contributed by atoms with van der Waals surface area (Å²) in [6, 6.07) is 1.78. The fourth-order valence-electron chi connectivity index (χ4n) is 2.18. The lowest BCUT2D eigenvalue weighted by molar-refractivity contribution is 0.386. The minimum atomic E-state index is -0.232. The number of fused-ring (bicyclic) bond motifs is 1. The number of alkyl halides is 1. The fourth-order valence-corrected chi connectivity index (χ4v) is 2.50. The number of pyridine rings is 1. The third-order valence-corrected chi connectivity index (χ3v) is 3.47. The molecule has 110 valence electrons. The Morgan fingerprint density at radius 2 is 2.19 bits per heavy atom. The van der Waals surface area contributed by atoms with E-state index >= 15 is 0 Å². The third-order valence-electron chi connectivity index (χ3n) is 3.07. The molecule has 3 heterocycles. The van der Waals surface area contributed by atoms with Crippen LogP contribution in [0.1, 0.15) is 29.8 Å². The molecule has 1 unspecified atom stereocenters. The largest absolute Gasteiger partial charge is 0.340 e. The van der Waals surface area contributed by atoms with Gasteiger partial charge in [0.25, 0.3) is 0 Å². The van der Waals surface area contributed by atoms with Crippen molar-refractivity contribution in [2.75, 3.05) is 0 Å². The predicted octanol–water partition coefficient (Wildman–Crippen LogP) is 3.32. The van der Waals surface area contributed by atoms with Crippen LogP contribution >= 0.6 is 23.2 Å². The Morgan fingerprint density at radius 3 is 2.86 bits per heavy atom. The molecular weight excluding hydrogens is 313 g/mol. The molecule has 0 bridgehead atoms. The fraction of sp³-hybridized carbons (Fsp3) is 0.385. The van der Waals surface area contributed by atoms with Gasteiger partial charge >= 0.3 is 0 Å². The maximum absolute atomic E-state index is 6.21. The number of halogens is 2. The zero-order chi connectivity index (χ0) is 15.0. The molecule has 0 saturated carbocycles. The van der Waals surface area contributed by atoms with Gasteiger partial charge in [0, 0.05) is 26.1 Å². The van der Waals surface area contributed by atoms with Crippen LogP contribution in [0.2, 0.25) is 5.02 Å². The van der Waals surface area contributed by atoms with Gasteiger partial charge in [-0.05, 0) is 13.0 Å². The molecule has 0 aromatic carbocycles. The standard InChI is InChI=1S/C13H13Cl2N5O/c1-7(14)12-18-10-5-9(15)6-16-13(10)20(12)4-3-11-17-8(2)21-19-11/h5-7H,3-4H2,1-2H3. The molecule has 3 aromatic heterocycles. The SMILES string of the molecule is Cc1nc(CCn2c(C(C)Cl)nc3cc(Cl)cnc32)no1. The Morgan fingerprint density at radius 1 is 1.38 bits per heavy atom. The van der Waals surface area contributed by atoms with Gasteiger partial charge in [-0.25, -0.2) is 9.97 Å². The second-order valence-corrected chi connectivity index (χ2v) is 5.80. The first-order valence-electron chi connectivity index (χ1n) is 6.49. The van der Waals surface area contributed by atoms with E-state index in [1.165, 1.54) is 0 Å². The molecule has 0 aliphatic heterocycles. The summed E-state index contributed by atoms with van der Waals surface area (Å²) in [6.07, 6.45) is 2.22. The van der Waals surface area contributed by atoms with E-state index in [4.69, 9.17) is 27.7 Å². The first-order chi connectivity index (χ1) is 10.0. The molecule has 3 aromatic rings. The highest BCUT2D eigenvalue weighted by Crippen LogP contribution is 2.25. The van der Waals surface area contributed by atoms with Crippen LogP contribution in [0.5, 0.6) is 0 Å². The van der Waals surface area contributed by atoms with Gasteiger partial charge in [-0.1, -0.05) is 16.8 Å². The van der Waals surface area contributed by atoms with Gasteiger partial charge in [-0.2, -0.15) is 4.98 Å². The van der Waals surface area contributed by atoms with Gasteiger partial charge in [0.2, 0.25) is 5.89 Å². The monoisotopic (exact) mass is 325 g/mol. The van der Waals surface area contributed by atoms with Crippen molar-refractivity contribution in [1.29, 1.82) is 0 Å². The van der Waals surface area contributed by atoms with Crippen LogP contribution in [0.25, 0.3) is 11.2 Å². The first kappa shape index (κ1) is 14.3. The van der Waals surface area contributed by atoms with Gasteiger partial charge in [0.05, 0.1) is 10.4 Å².